The zero-order valence-electron chi connectivity index (χ0n) is 9.69. The first-order valence-electron chi connectivity index (χ1n) is 4.78. The number of rotatable bonds is 4. The average Bonchev–Trinajstić information content (AvgIpc) is 2.36. The van der Waals surface area contributed by atoms with Crippen molar-refractivity contribution in [3.8, 4) is 17.6 Å². The molecule has 94 valence electrons. The number of aliphatic carboxylic acids is 1. The fourth-order valence-corrected chi connectivity index (χ4v) is 1.71. The summed E-state index contributed by atoms with van der Waals surface area (Å²) in [7, 11) is 2.95. The lowest BCUT2D eigenvalue weighted by molar-refractivity contribution is -0.298. The molecule has 0 spiro atoms. The van der Waals surface area contributed by atoms with Crippen LogP contribution in [-0.2, 0) is 4.79 Å². The van der Waals surface area contributed by atoms with Crippen LogP contribution < -0.4 is 14.6 Å². The van der Waals surface area contributed by atoms with Crippen molar-refractivity contribution in [3.63, 3.8) is 0 Å². The Bertz CT molecular complexity index is 546. The van der Waals surface area contributed by atoms with Gasteiger partial charge in [-0.3, -0.25) is 0 Å². The average molecular weight is 311 g/mol. The van der Waals surface area contributed by atoms with Crippen LogP contribution in [0.2, 0.25) is 0 Å². The third-order valence-corrected chi connectivity index (χ3v) is 2.83. The molecule has 0 saturated carbocycles. The minimum absolute atomic E-state index is 0.433. The Morgan fingerprint density at radius 2 is 1.94 bits per heavy atom. The fourth-order valence-electron chi connectivity index (χ4n) is 1.27. The van der Waals surface area contributed by atoms with Crippen LogP contribution >= 0.6 is 15.9 Å². The maximum atomic E-state index is 10.7. The van der Waals surface area contributed by atoms with Crippen LogP contribution in [-0.4, -0.2) is 20.2 Å². The predicted octanol–water partition coefficient (Wildman–Crippen LogP) is 1.12. The number of nitrogens with zero attached hydrogens (tertiary/aromatic N) is 1. The maximum Gasteiger partial charge on any atom is 0.161 e. The quantitative estimate of drug-likeness (QED) is 0.615. The fraction of sp³-hybridized carbons (Fsp3) is 0.167. The van der Waals surface area contributed by atoms with Crippen LogP contribution in [0.3, 0.4) is 0 Å². The van der Waals surface area contributed by atoms with Gasteiger partial charge in [-0.2, -0.15) is 5.26 Å². The molecule has 0 aliphatic heterocycles. The van der Waals surface area contributed by atoms with Gasteiger partial charge in [0.25, 0.3) is 0 Å². The zero-order chi connectivity index (χ0) is 13.7. The van der Waals surface area contributed by atoms with Gasteiger partial charge in [0.05, 0.1) is 25.8 Å². The number of carbonyl (C=O) groups is 1. The number of carbonyl (C=O) groups excluding carboxylic acids is 1. The minimum Gasteiger partial charge on any atom is -0.544 e. The summed E-state index contributed by atoms with van der Waals surface area (Å²) in [6.45, 7) is 0. The van der Waals surface area contributed by atoms with Gasteiger partial charge in [0.15, 0.2) is 11.5 Å². The molecule has 0 radical (unpaired) electrons. The molecule has 0 saturated heterocycles. The summed E-state index contributed by atoms with van der Waals surface area (Å²) in [4.78, 5) is 10.7. The van der Waals surface area contributed by atoms with E-state index < -0.39 is 11.5 Å². The molecule has 1 rings (SSSR count). The second-order valence-corrected chi connectivity index (χ2v) is 4.04. The molecule has 0 fully saturated rings. The molecule has 0 aliphatic carbocycles. The number of hydrogen-bond donors (Lipinski definition) is 0. The largest absolute Gasteiger partial charge is 0.544 e. The highest BCUT2D eigenvalue weighted by atomic mass is 79.9. The number of methoxy groups -OCH3 is 2. The SMILES string of the molecule is COc1cc(Br)c(/C=C(\C#N)C(=O)[O-])cc1OC. The van der Waals surface area contributed by atoms with Crippen LogP contribution in [0.25, 0.3) is 6.08 Å². The molecule has 6 heteroatoms. The van der Waals surface area contributed by atoms with Gasteiger partial charge in [0.1, 0.15) is 6.07 Å². The molecule has 1 aromatic carbocycles. The number of ether oxygens (including phenoxy) is 2. The first-order valence-corrected chi connectivity index (χ1v) is 5.57. The topological polar surface area (TPSA) is 82.4 Å². The van der Waals surface area contributed by atoms with Crippen LogP contribution in [0.1, 0.15) is 5.56 Å². The van der Waals surface area contributed by atoms with Crippen molar-refractivity contribution >= 4 is 28.0 Å². The number of benzene rings is 1. The van der Waals surface area contributed by atoms with Gasteiger partial charge in [-0.25, -0.2) is 0 Å². The smallest absolute Gasteiger partial charge is 0.161 e. The van der Waals surface area contributed by atoms with Gasteiger partial charge in [-0.1, -0.05) is 15.9 Å². The van der Waals surface area contributed by atoms with E-state index in [0.29, 0.717) is 21.5 Å². The molecule has 18 heavy (non-hydrogen) atoms. The number of hydrogen-bond acceptors (Lipinski definition) is 5. The Kier molecular flexibility index (Phi) is 4.75. The molecule has 0 aromatic heterocycles. The van der Waals surface area contributed by atoms with E-state index in [2.05, 4.69) is 15.9 Å². The Balaban J connectivity index is 3.35. The lowest BCUT2D eigenvalue weighted by atomic mass is 10.1. The monoisotopic (exact) mass is 310 g/mol. The molecule has 0 N–H and O–H groups in total. The summed E-state index contributed by atoms with van der Waals surface area (Å²) in [5.74, 6) is -0.602. The third kappa shape index (κ3) is 3.02. The van der Waals surface area contributed by atoms with E-state index in [0.717, 1.165) is 0 Å². The van der Waals surface area contributed by atoms with Crippen molar-refractivity contribution in [2.75, 3.05) is 14.2 Å². The van der Waals surface area contributed by atoms with E-state index in [1.807, 2.05) is 0 Å². The first kappa shape index (κ1) is 14.1. The van der Waals surface area contributed by atoms with Crippen molar-refractivity contribution in [1.29, 1.82) is 5.26 Å². The lowest BCUT2D eigenvalue weighted by Crippen LogP contribution is -2.23. The van der Waals surface area contributed by atoms with Crippen molar-refractivity contribution in [2.45, 2.75) is 0 Å². The summed E-state index contributed by atoms with van der Waals surface area (Å²) >= 11 is 3.26. The summed E-state index contributed by atoms with van der Waals surface area (Å²) < 4.78 is 10.7. The van der Waals surface area contributed by atoms with E-state index >= 15 is 0 Å². The van der Waals surface area contributed by atoms with Crippen LogP contribution in [0.5, 0.6) is 11.5 Å². The summed E-state index contributed by atoms with van der Waals surface area (Å²) in [5, 5.41) is 19.3. The highest BCUT2D eigenvalue weighted by Crippen LogP contribution is 2.34. The first-order chi connectivity index (χ1) is 8.53. The summed E-state index contributed by atoms with van der Waals surface area (Å²) in [6, 6.07) is 4.73. The standard InChI is InChI=1S/C12H10BrNO4/c1-17-10-4-7(3-8(6-14)12(15)16)9(13)5-11(10)18-2/h3-5H,1-2H3,(H,15,16)/p-1/b8-3+. The highest BCUT2D eigenvalue weighted by molar-refractivity contribution is 9.10. The van der Waals surface area contributed by atoms with Crippen LogP contribution in [0, 0.1) is 11.3 Å². The van der Waals surface area contributed by atoms with E-state index in [1.165, 1.54) is 20.3 Å². The molecular weight excluding hydrogens is 302 g/mol. The molecule has 0 bridgehead atoms. The van der Waals surface area contributed by atoms with Gasteiger partial charge in [-0.05, 0) is 23.8 Å². The molecular formula is C12H9BrNO4-. The predicted molar refractivity (Wildman–Crippen MR) is 65.8 cm³/mol. The number of halogens is 1. The number of carboxylic acid groups (broad SMARTS) is 1. The Hall–Kier alpha value is -2.00. The van der Waals surface area contributed by atoms with Crippen molar-refractivity contribution in [3.05, 3.63) is 27.7 Å². The van der Waals surface area contributed by atoms with Gasteiger partial charge < -0.3 is 19.4 Å². The second kappa shape index (κ2) is 6.07. The molecule has 0 unspecified atom stereocenters. The van der Waals surface area contributed by atoms with Gasteiger partial charge >= 0.3 is 0 Å². The Morgan fingerprint density at radius 1 is 1.39 bits per heavy atom. The minimum atomic E-state index is -1.53. The van der Waals surface area contributed by atoms with Gasteiger partial charge in [0, 0.05) is 4.47 Å². The Morgan fingerprint density at radius 3 is 2.39 bits per heavy atom. The van der Waals surface area contributed by atoms with Crippen molar-refractivity contribution in [1.82, 2.24) is 0 Å². The van der Waals surface area contributed by atoms with Crippen LogP contribution in [0.4, 0.5) is 0 Å². The van der Waals surface area contributed by atoms with Gasteiger partial charge in [0.2, 0.25) is 0 Å². The third-order valence-electron chi connectivity index (χ3n) is 2.14. The Labute approximate surface area is 112 Å². The number of nitriles is 1. The zero-order valence-corrected chi connectivity index (χ0v) is 11.3. The van der Waals surface area contributed by atoms with E-state index in [-0.39, 0.29) is 0 Å². The van der Waals surface area contributed by atoms with Gasteiger partial charge in [-0.15, -0.1) is 0 Å². The summed E-state index contributed by atoms with van der Waals surface area (Å²) in [5.41, 5.74) is 0.0105. The van der Waals surface area contributed by atoms with Crippen LogP contribution in [0.15, 0.2) is 22.2 Å². The molecule has 1 aromatic rings. The van der Waals surface area contributed by atoms with E-state index in [9.17, 15) is 9.90 Å². The molecule has 5 nitrogen and oxygen atoms in total. The molecule has 0 atom stereocenters. The van der Waals surface area contributed by atoms with E-state index in [4.69, 9.17) is 14.7 Å². The van der Waals surface area contributed by atoms with Crippen molar-refractivity contribution in [2.24, 2.45) is 0 Å². The molecule has 0 amide bonds. The van der Waals surface area contributed by atoms with E-state index in [1.54, 1.807) is 18.2 Å². The molecule has 0 aliphatic rings. The highest BCUT2D eigenvalue weighted by Gasteiger charge is 2.09. The second-order valence-electron chi connectivity index (χ2n) is 3.19. The lowest BCUT2D eigenvalue weighted by Gasteiger charge is -2.10. The van der Waals surface area contributed by atoms with Crippen molar-refractivity contribution < 1.29 is 19.4 Å². The number of carboxylic acids is 1. The maximum absolute atomic E-state index is 10.7. The normalized spacial score (nSPS) is 10.7. The molecule has 0 heterocycles. The summed E-state index contributed by atoms with van der Waals surface area (Å²) in [6.07, 6.45) is 1.20.